The normalized spacial score (nSPS) is 12.0. The Labute approximate surface area is 461 Å². The standard InChI is InChI=1S/C36H24N2O2.C31H22N2O2.C4H8O/c39-38(40)33-23-11-21-31-29-17-8-7-16-28(29)30-20-9-18-26(24-12-3-1-4-13-24)34(30)32-22-10-19-27(35(32)37-36(31)33)25-14-5-2-6-15-25;1-20-10-7-16-25-23-13-5-6-14-24(23)26-17-9-19-28(33(34)35)31(26)32-30-22(21-11-3-2-4-12-21)15-8-18-27(30)29(20)25;1-2-4-5-3-1/h1-23,37H;2-19,32H,1H3;1-4H2. The Morgan fingerprint density at radius 2 is 0.650 bits per heavy atom. The van der Waals surface area contributed by atoms with E-state index in [1.807, 2.05) is 91.0 Å². The molecular formula is C71H54N4O5. The number of aromatic amines is 2. The number of nitro groups is 2. The molecule has 0 aliphatic carbocycles. The fraction of sp³-hybridized carbons (Fsp3) is 0.0704. The number of hydrogen-bond acceptors (Lipinski definition) is 5. The second kappa shape index (κ2) is 22.4. The number of hydrogen-bond donors (Lipinski definition) is 2. The summed E-state index contributed by atoms with van der Waals surface area (Å²) in [6.07, 6.45) is 2.56. The fourth-order valence-corrected chi connectivity index (χ4v) is 11.4. The first-order valence-corrected chi connectivity index (χ1v) is 26.9. The Morgan fingerprint density at radius 3 is 1.07 bits per heavy atom. The summed E-state index contributed by atoms with van der Waals surface area (Å²) in [7, 11) is 0. The summed E-state index contributed by atoms with van der Waals surface area (Å²) in [5.41, 5.74) is 10.2. The fourth-order valence-electron chi connectivity index (χ4n) is 11.4. The van der Waals surface area contributed by atoms with Gasteiger partial charge in [-0.1, -0.05) is 237 Å². The Hall–Kier alpha value is -10.2. The van der Waals surface area contributed by atoms with Crippen LogP contribution in [0.2, 0.25) is 0 Å². The quantitative estimate of drug-likeness (QED) is 0.131. The monoisotopic (exact) mass is 1040 g/mol. The summed E-state index contributed by atoms with van der Waals surface area (Å²) < 4.78 is 4.94. The van der Waals surface area contributed by atoms with Gasteiger partial charge in [-0.3, -0.25) is 20.2 Å². The van der Waals surface area contributed by atoms with E-state index in [1.54, 1.807) is 24.3 Å². The van der Waals surface area contributed by atoms with Crippen molar-refractivity contribution in [2.24, 2.45) is 0 Å². The smallest absolute Gasteiger partial charge is 0.293 e. The Bertz CT molecular complexity index is 4640. The van der Waals surface area contributed by atoms with Crippen LogP contribution in [0.1, 0.15) is 18.4 Å². The summed E-state index contributed by atoms with van der Waals surface area (Å²) in [4.78, 5) is 31.1. The third-order valence-electron chi connectivity index (χ3n) is 15.1. The first-order chi connectivity index (χ1) is 39.3. The van der Waals surface area contributed by atoms with Crippen molar-refractivity contribution in [1.82, 2.24) is 9.97 Å². The maximum atomic E-state index is 12.4. The van der Waals surface area contributed by atoms with Crippen molar-refractivity contribution in [2.45, 2.75) is 19.8 Å². The zero-order chi connectivity index (χ0) is 54.5. The van der Waals surface area contributed by atoms with Crippen LogP contribution in [0.5, 0.6) is 0 Å². The molecule has 0 spiro atoms. The van der Waals surface area contributed by atoms with Gasteiger partial charge in [0.15, 0.2) is 0 Å². The van der Waals surface area contributed by atoms with Gasteiger partial charge < -0.3 is 14.7 Å². The van der Waals surface area contributed by atoms with Gasteiger partial charge in [0, 0.05) is 58.0 Å². The highest BCUT2D eigenvalue weighted by Crippen LogP contribution is 2.42. The highest BCUT2D eigenvalue weighted by molar-refractivity contribution is 6.25. The van der Waals surface area contributed by atoms with E-state index in [9.17, 15) is 20.2 Å². The molecular weight excluding hydrogens is 989 g/mol. The van der Waals surface area contributed by atoms with Gasteiger partial charge in [0.05, 0.1) is 20.9 Å². The molecule has 0 saturated carbocycles. The van der Waals surface area contributed by atoms with Gasteiger partial charge >= 0.3 is 0 Å². The highest BCUT2D eigenvalue weighted by Gasteiger charge is 2.19. The van der Waals surface area contributed by atoms with Gasteiger partial charge in [-0.2, -0.15) is 0 Å². The molecule has 14 rings (SSSR count). The molecule has 0 radical (unpaired) electrons. The van der Waals surface area contributed by atoms with Crippen LogP contribution in [0.15, 0.2) is 249 Å². The van der Waals surface area contributed by atoms with Crippen LogP contribution in [-0.2, 0) is 4.74 Å². The third kappa shape index (κ3) is 9.67. The molecule has 2 aromatic heterocycles. The van der Waals surface area contributed by atoms with E-state index < -0.39 is 0 Å². The molecule has 0 atom stereocenters. The van der Waals surface area contributed by atoms with Crippen LogP contribution < -0.4 is 0 Å². The van der Waals surface area contributed by atoms with E-state index in [0.29, 0.717) is 11.0 Å². The summed E-state index contributed by atoms with van der Waals surface area (Å²) in [5, 5.41) is 36.5. The molecule has 80 heavy (non-hydrogen) atoms. The van der Waals surface area contributed by atoms with Gasteiger partial charge in [-0.25, -0.2) is 0 Å². The average molecular weight is 1040 g/mol. The lowest BCUT2D eigenvalue weighted by Gasteiger charge is -2.11. The molecule has 3 heterocycles. The van der Waals surface area contributed by atoms with Crippen molar-refractivity contribution in [3.63, 3.8) is 0 Å². The van der Waals surface area contributed by atoms with Crippen molar-refractivity contribution in [1.29, 1.82) is 0 Å². The van der Waals surface area contributed by atoms with Gasteiger partial charge in [0.25, 0.3) is 11.4 Å². The molecule has 1 fully saturated rings. The number of rotatable bonds is 5. The Kier molecular flexibility index (Phi) is 14.2. The molecule has 0 bridgehead atoms. The largest absolute Gasteiger partial charge is 0.381 e. The third-order valence-corrected chi connectivity index (χ3v) is 15.1. The lowest BCUT2D eigenvalue weighted by molar-refractivity contribution is -0.383. The van der Waals surface area contributed by atoms with Crippen LogP contribution in [0, 0.1) is 27.2 Å². The van der Waals surface area contributed by atoms with Crippen LogP contribution in [-0.4, -0.2) is 33.0 Å². The van der Waals surface area contributed by atoms with E-state index in [-0.39, 0.29) is 21.2 Å². The minimum absolute atomic E-state index is 0.0374. The van der Waals surface area contributed by atoms with Crippen molar-refractivity contribution >= 4 is 98.1 Å². The highest BCUT2D eigenvalue weighted by atomic mass is 16.6. The number of para-hydroxylation sites is 4. The molecule has 1 aliphatic heterocycles. The van der Waals surface area contributed by atoms with Gasteiger partial charge in [-0.05, 0) is 90.7 Å². The van der Waals surface area contributed by atoms with E-state index in [1.165, 1.54) is 12.8 Å². The number of ether oxygens (including phenoxy) is 1. The number of H-pyrrole nitrogens is 2. The number of nitrogens with one attached hydrogen (secondary N) is 2. The number of benzene rings is 11. The predicted octanol–water partition coefficient (Wildman–Crippen LogP) is 19.4. The van der Waals surface area contributed by atoms with Crippen LogP contribution in [0.3, 0.4) is 0 Å². The van der Waals surface area contributed by atoms with Crippen molar-refractivity contribution in [2.75, 3.05) is 13.2 Å². The second-order valence-electron chi connectivity index (χ2n) is 19.9. The van der Waals surface area contributed by atoms with Crippen LogP contribution >= 0.6 is 0 Å². The zero-order valence-electron chi connectivity index (χ0n) is 43.9. The minimum Gasteiger partial charge on any atom is -0.381 e. The summed E-state index contributed by atoms with van der Waals surface area (Å²) in [5.74, 6) is 0. The molecule has 2 N–H and O–H groups in total. The van der Waals surface area contributed by atoms with Crippen molar-refractivity contribution in [3.05, 3.63) is 275 Å². The molecule has 9 heteroatoms. The van der Waals surface area contributed by atoms with E-state index in [0.717, 1.165) is 128 Å². The number of aryl methyl sites for hydroxylation is 1. The minimum atomic E-state index is -0.310. The number of fused-ring (bicyclic) bond motifs is 14. The Balaban J connectivity index is 0.000000147. The molecule has 11 aromatic carbocycles. The lowest BCUT2D eigenvalue weighted by atomic mass is 9.93. The van der Waals surface area contributed by atoms with E-state index in [2.05, 4.69) is 150 Å². The second-order valence-corrected chi connectivity index (χ2v) is 19.9. The van der Waals surface area contributed by atoms with E-state index in [4.69, 9.17) is 4.74 Å². The number of nitro benzene ring substituents is 2. The van der Waals surface area contributed by atoms with Gasteiger partial charge in [0.1, 0.15) is 11.0 Å². The maximum Gasteiger partial charge on any atom is 0.293 e. The van der Waals surface area contributed by atoms with Gasteiger partial charge in [0.2, 0.25) is 0 Å². The van der Waals surface area contributed by atoms with Crippen molar-refractivity contribution in [3.8, 4) is 33.4 Å². The molecule has 9 nitrogen and oxygen atoms in total. The Morgan fingerprint density at radius 1 is 0.325 bits per heavy atom. The summed E-state index contributed by atoms with van der Waals surface area (Å²) in [6.45, 7) is 4.12. The van der Waals surface area contributed by atoms with E-state index >= 15 is 0 Å². The van der Waals surface area contributed by atoms with Crippen LogP contribution in [0.25, 0.3) is 120 Å². The molecule has 1 saturated heterocycles. The zero-order valence-corrected chi connectivity index (χ0v) is 43.9. The number of nitrogens with zero attached hydrogens (tertiary/aromatic N) is 2. The molecule has 13 aromatic rings. The first-order valence-electron chi connectivity index (χ1n) is 26.9. The first kappa shape index (κ1) is 50.6. The van der Waals surface area contributed by atoms with Crippen LogP contribution in [0.4, 0.5) is 11.4 Å². The molecule has 1 aliphatic rings. The number of aromatic nitrogens is 2. The SMILES string of the molecule is C1CCOC1.Cc1cccc2c3ccccc3c3cccc([N+](=O)[O-])c3[nH]c3c(-c4ccccc4)cccc3c12.O=[N+]([O-])c1cccc2c1[nH]c1c(-c3ccccc3)cccc1c1c(-c3ccccc3)cccc1c1ccccc21. The molecule has 0 unspecified atom stereocenters. The molecule has 0 amide bonds. The number of non-ortho nitro benzene ring substituents is 2. The summed E-state index contributed by atoms with van der Waals surface area (Å²) in [6, 6.07) is 82.8. The predicted molar refractivity (Wildman–Crippen MR) is 331 cm³/mol. The maximum absolute atomic E-state index is 12.4. The molecule has 388 valence electrons. The topological polar surface area (TPSA) is 127 Å². The van der Waals surface area contributed by atoms with Gasteiger partial charge in [-0.15, -0.1) is 0 Å². The lowest BCUT2D eigenvalue weighted by Crippen LogP contribution is -1.91. The van der Waals surface area contributed by atoms with Crippen molar-refractivity contribution < 1.29 is 14.6 Å². The average Bonchev–Trinajstić information content (AvgIpc) is 4.26. The summed E-state index contributed by atoms with van der Waals surface area (Å²) >= 11 is 0.